The molecule has 1 atom stereocenters. The third-order valence-corrected chi connectivity index (χ3v) is 5.74. The van der Waals surface area contributed by atoms with Crippen molar-refractivity contribution in [1.29, 1.82) is 0 Å². The van der Waals surface area contributed by atoms with Gasteiger partial charge in [0.25, 0.3) is 0 Å². The summed E-state index contributed by atoms with van der Waals surface area (Å²) in [4.78, 5) is 13.4. The molecule has 0 saturated carbocycles. The summed E-state index contributed by atoms with van der Waals surface area (Å²) in [6, 6.07) is 10.5. The summed E-state index contributed by atoms with van der Waals surface area (Å²) in [5.41, 5.74) is 1.55. The fourth-order valence-corrected chi connectivity index (χ4v) is 3.99. The molecule has 1 N–H and O–H groups in total. The van der Waals surface area contributed by atoms with Crippen LogP contribution in [0.4, 0.5) is 4.79 Å². The number of hydrogen-bond donors (Lipinski definition) is 1. The van der Waals surface area contributed by atoms with Gasteiger partial charge in [-0.15, -0.1) is 11.8 Å². The lowest BCUT2D eigenvalue weighted by atomic mass is 9.92. The van der Waals surface area contributed by atoms with Crippen LogP contribution in [-0.4, -0.2) is 34.5 Å². The van der Waals surface area contributed by atoms with Crippen molar-refractivity contribution in [3.63, 3.8) is 0 Å². The smallest absolute Gasteiger partial charge is 0.449 e. The molecule has 0 aliphatic carbocycles. The number of carbonyl (C=O) groups is 1. The highest BCUT2D eigenvalue weighted by Crippen LogP contribution is 2.34. The summed E-state index contributed by atoms with van der Waals surface area (Å²) < 4.78 is 5.08. The van der Waals surface area contributed by atoms with Crippen molar-refractivity contribution < 1.29 is 14.6 Å². The highest BCUT2D eigenvalue weighted by molar-refractivity contribution is 8.03. The molecular formula is C22H31NO3S. The summed E-state index contributed by atoms with van der Waals surface area (Å²) in [6.45, 7) is 10.5. The number of ether oxygens (including phenoxy) is 1. The molecule has 148 valence electrons. The summed E-state index contributed by atoms with van der Waals surface area (Å²) >= 11 is 1.71. The highest BCUT2D eigenvalue weighted by atomic mass is 32.2. The second-order valence-corrected chi connectivity index (χ2v) is 9.58. The van der Waals surface area contributed by atoms with Gasteiger partial charge in [-0.3, -0.25) is 0 Å². The fourth-order valence-electron chi connectivity index (χ4n) is 2.83. The van der Waals surface area contributed by atoms with Crippen LogP contribution in [0, 0.1) is 5.41 Å². The number of rotatable bonds is 8. The quantitative estimate of drug-likeness (QED) is 0.560. The Labute approximate surface area is 167 Å². The largest absolute Gasteiger partial charge is 0.511 e. The Kier molecular flexibility index (Phi) is 7.84. The lowest BCUT2D eigenvalue weighted by molar-refractivity contribution is 0.119. The van der Waals surface area contributed by atoms with E-state index < -0.39 is 6.16 Å². The fraction of sp³-hybridized carbons (Fsp3) is 0.500. The van der Waals surface area contributed by atoms with Crippen molar-refractivity contribution in [3.05, 3.63) is 58.8 Å². The van der Waals surface area contributed by atoms with Gasteiger partial charge in [-0.1, -0.05) is 64.1 Å². The van der Waals surface area contributed by atoms with Gasteiger partial charge in [0, 0.05) is 18.3 Å². The number of aryl methyl sites for hydroxylation is 1. The van der Waals surface area contributed by atoms with Gasteiger partial charge in [-0.25, -0.2) is 4.79 Å². The normalized spacial score (nSPS) is 15.8. The third-order valence-electron chi connectivity index (χ3n) is 4.42. The molecule has 0 saturated heterocycles. The van der Waals surface area contributed by atoms with E-state index >= 15 is 0 Å². The Bertz CT molecular complexity index is 677. The summed E-state index contributed by atoms with van der Waals surface area (Å²) in [7, 11) is 0. The molecule has 5 heteroatoms. The summed E-state index contributed by atoms with van der Waals surface area (Å²) in [5.74, 6) is 0.444. The van der Waals surface area contributed by atoms with E-state index in [1.54, 1.807) is 17.8 Å². The zero-order valence-electron chi connectivity index (χ0n) is 16.8. The summed E-state index contributed by atoms with van der Waals surface area (Å²) in [5, 5.41) is 10.4. The number of allylic oxidation sites excluding steroid dienone is 1. The Hall–Kier alpha value is -1.88. The number of carboxylic acid groups (broad SMARTS) is 1. The van der Waals surface area contributed by atoms with Crippen molar-refractivity contribution in [2.24, 2.45) is 5.41 Å². The Morgan fingerprint density at radius 3 is 2.63 bits per heavy atom. The van der Waals surface area contributed by atoms with E-state index in [1.807, 2.05) is 12.1 Å². The second-order valence-electron chi connectivity index (χ2n) is 8.15. The van der Waals surface area contributed by atoms with Crippen molar-refractivity contribution in [2.75, 3.05) is 13.1 Å². The van der Waals surface area contributed by atoms with Gasteiger partial charge in [-0.05, 0) is 36.3 Å². The van der Waals surface area contributed by atoms with E-state index in [4.69, 9.17) is 9.84 Å². The van der Waals surface area contributed by atoms with Crippen LogP contribution in [0.5, 0.6) is 0 Å². The predicted octanol–water partition coefficient (Wildman–Crippen LogP) is 5.91. The lowest BCUT2D eigenvalue weighted by Crippen LogP contribution is -2.30. The molecule has 0 radical (unpaired) electrons. The number of nitrogens with zero attached hydrogens (tertiary/aromatic N) is 1. The third kappa shape index (κ3) is 7.71. The van der Waals surface area contributed by atoms with Gasteiger partial charge in [0.05, 0.1) is 0 Å². The topological polar surface area (TPSA) is 49.8 Å². The second kappa shape index (κ2) is 9.88. The van der Waals surface area contributed by atoms with Crippen LogP contribution in [0.3, 0.4) is 0 Å². The average molecular weight is 390 g/mol. The number of benzene rings is 1. The van der Waals surface area contributed by atoms with Crippen LogP contribution < -0.4 is 0 Å². The number of thioether (sulfide) groups is 1. The molecule has 4 nitrogen and oxygen atoms in total. The van der Waals surface area contributed by atoms with E-state index in [0.717, 1.165) is 37.4 Å². The zero-order valence-corrected chi connectivity index (χ0v) is 17.6. The van der Waals surface area contributed by atoms with E-state index in [2.05, 4.69) is 56.9 Å². The van der Waals surface area contributed by atoms with Crippen LogP contribution in [-0.2, 0) is 11.2 Å². The molecule has 0 fully saturated rings. The van der Waals surface area contributed by atoms with E-state index in [0.29, 0.717) is 11.0 Å². The molecule has 1 aliphatic rings. The SMILES string of the molecule is C[C@@H](CCc1ccccc1)SC1=C(OC(=O)O)C=CCN1CCC(C)(C)C. The van der Waals surface area contributed by atoms with Crippen molar-refractivity contribution in [1.82, 2.24) is 4.90 Å². The minimum Gasteiger partial charge on any atom is -0.449 e. The highest BCUT2D eigenvalue weighted by Gasteiger charge is 2.24. The first-order valence-electron chi connectivity index (χ1n) is 9.52. The standard InChI is InChI=1S/C22H31NO3S/c1-17(12-13-18-9-6-5-7-10-18)27-20-19(26-21(24)25)11-8-15-23(20)16-14-22(2,3)4/h5-11,17H,12-16H2,1-4H3,(H,24,25)/t17-/m0/s1. The monoisotopic (exact) mass is 389 g/mol. The molecule has 0 spiro atoms. The Morgan fingerprint density at radius 1 is 1.30 bits per heavy atom. The van der Waals surface area contributed by atoms with E-state index in [1.165, 1.54) is 5.56 Å². The molecule has 1 heterocycles. The van der Waals surface area contributed by atoms with Crippen LogP contribution in [0.2, 0.25) is 0 Å². The van der Waals surface area contributed by atoms with Crippen molar-refractivity contribution >= 4 is 17.9 Å². The van der Waals surface area contributed by atoms with E-state index in [9.17, 15) is 4.79 Å². The first kappa shape index (κ1) is 21.4. The van der Waals surface area contributed by atoms with Gasteiger partial charge in [-0.2, -0.15) is 0 Å². The molecular weight excluding hydrogens is 358 g/mol. The molecule has 0 unspecified atom stereocenters. The van der Waals surface area contributed by atoms with Gasteiger partial charge < -0.3 is 14.7 Å². The first-order chi connectivity index (χ1) is 12.7. The Morgan fingerprint density at radius 2 is 2.00 bits per heavy atom. The maximum atomic E-state index is 11.1. The molecule has 0 aromatic heterocycles. The molecule has 2 rings (SSSR count). The van der Waals surface area contributed by atoms with Crippen LogP contribution >= 0.6 is 11.8 Å². The predicted molar refractivity (Wildman–Crippen MR) is 113 cm³/mol. The molecule has 1 aromatic rings. The molecule has 0 amide bonds. The minimum atomic E-state index is -1.26. The van der Waals surface area contributed by atoms with Crippen LogP contribution in [0.15, 0.2) is 53.3 Å². The maximum Gasteiger partial charge on any atom is 0.511 e. The molecule has 0 bridgehead atoms. The van der Waals surface area contributed by atoms with Gasteiger partial charge in [0.1, 0.15) is 5.03 Å². The summed E-state index contributed by atoms with van der Waals surface area (Å²) in [6.07, 6.45) is 5.56. The van der Waals surface area contributed by atoms with Crippen LogP contribution in [0.25, 0.3) is 0 Å². The van der Waals surface area contributed by atoms with Gasteiger partial charge >= 0.3 is 6.16 Å². The molecule has 1 aliphatic heterocycles. The van der Waals surface area contributed by atoms with Gasteiger partial charge in [0.15, 0.2) is 5.76 Å². The first-order valence-corrected chi connectivity index (χ1v) is 10.4. The minimum absolute atomic E-state index is 0.226. The average Bonchev–Trinajstić information content (AvgIpc) is 2.60. The zero-order chi connectivity index (χ0) is 19.9. The molecule has 27 heavy (non-hydrogen) atoms. The van der Waals surface area contributed by atoms with Crippen molar-refractivity contribution in [3.8, 4) is 0 Å². The maximum absolute atomic E-state index is 11.1. The Balaban J connectivity index is 2.07. The van der Waals surface area contributed by atoms with Gasteiger partial charge in [0.2, 0.25) is 0 Å². The van der Waals surface area contributed by atoms with Crippen LogP contribution in [0.1, 0.15) is 46.1 Å². The van der Waals surface area contributed by atoms with Crippen molar-refractivity contribution in [2.45, 2.75) is 52.2 Å². The number of hydrogen-bond acceptors (Lipinski definition) is 4. The molecule has 1 aromatic carbocycles. The lowest BCUT2D eigenvalue weighted by Gasteiger charge is -2.33. The van der Waals surface area contributed by atoms with E-state index in [-0.39, 0.29) is 5.41 Å².